The molecule has 0 radical (unpaired) electrons. The Kier molecular flexibility index (Phi) is 8.28. The van der Waals surface area contributed by atoms with Gasteiger partial charge in [-0.05, 0) is 73.9 Å². The highest BCUT2D eigenvalue weighted by atomic mass is 35.5. The van der Waals surface area contributed by atoms with E-state index in [-0.39, 0.29) is 5.82 Å². The van der Waals surface area contributed by atoms with Crippen molar-refractivity contribution in [3.05, 3.63) is 83.1 Å². The molecule has 0 aliphatic rings. The van der Waals surface area contributed by atoms with Crippen LogP contribution in [0.15, 0.2) is 71.1 Å². The molecule has 36 heavy (non-hydrogen) atoms. The van der Waals surface area contributed by atoms with Crippen molar-refractivity contribution >= 4 is 34.7 Å². The molecular weight excluding hydrogens is 487 g/mol. The first-order chi connectivity index (χ1) is 17.4. The van der Waals surface area contributed by atoms with Gasteiger partial charge in [0.15, 0.2) is 11.7 Å². The van der Waals surface area contributed by atoms with Crippen molar-refractivity contribution in [3.63, 3.8) is 0 Å². The summed E-state index contributed by atoms with van der Waals surface area (Å²) in [6, 6.07) is 19.1. The molecule has 0 saturated carbocycles. The molecule has 1 aromatic heterocycles. The van der Waals surface area contributed by atoms with E-state index in [1.165, 1.54) is 19.1 Å². The minimum Gasteiger partial charge on any atom is -0.494 e. The second-order valence-corrected chi connectivity index (χ2v) is 8.68. The largest absolute Gasteiger partial charge is 0.494 e. The van der Waals surface area contributed by atoms with Gasteiger partial charge in [-0.25, -0.2) is 9.18 Å². The number of hydrogen-bond donors (Lipinski definition) is 1. The molecule has 3 aromatic carbocycles. The first kappa shape index (κ1) is 25.3. The minimum atomic E-state index is -1.03. The minimum absolute atomic E-state index is 0.377. The number of halogens is 2. The summed E-state index contributed by atoms with van der Waals surface area (Å²) in [5.41, 5.74) is 1.92. The molecule has 1 atom stereocenters. The molecule has 188 valence electrons. The van der Waals surface area contributed by atoms with Crippen LogP contribution in [0.25, 0.3) is 11.1 Å². The molecule has 4 rings (SSSR count). The maximum Gasteiger partial charge on any atom is 0.344 e. The molecule has 0 amide bonds. The number of ether oxygens (including phenoxy) is 2. The Morgan fingerprint density at radius 1 is 1.11 bits per heavy atom. The Morgan fingerprint density at radius 3 is 2.69 bits per heavy atom. The number of carbonyl (C=O) groups is 1. The van der Waals surface area contributed by atoms with Crippen LogP contribution in [-0.2, 0) is 11.2 Å². The van der Waals surface area contributed by atoms with Gasteiger partial charge in [0, 0.05) is 24.2 Å². The third-order valence-electron chi connectivity index (χ3n) is 5.49. The van der Waals surface area contributed by atoms with Crippen LogP contribution in [0.4, 0.5) is 10.4 Å². The highest BCUT2D eigenvalue weighted by molar-refractivity contribution is 6.30. The van der Waals surface area contributed by atoms with Crippen LogP contribution in [0.2, 0.25) is 5.02 Å². The van der Waals surface area contributed by atoms with Gasteiger partial charge >= 0.3 is 5.97 Å². The molecule has 0 fully saturated rings. The number of carboxylic acids is 1. The van der Waals surface area contributed by atoms with Gasteiger partial charge in [-0.1, -0.05) is 23.7 Å². The highest BCUT2D eigenvalue weighted by Crippen LogP contribution is 2.24. The summed E-state index contributed by atoms with van der Waals surface area (Å²) in [5.74, 6) is -0.184. The van der Waals surface area contributed by atoms with Crippen LogP contribution < -0.4 is 14.4 Å². The van der Waals surface area contributed by atoms with Crippen molar-refractivity contribution in [1.29, 1.82) is 0 Å². The summed E-state index contributed by atoms with van der Waals surface area (Å²) in [7, 11) is 0. The molecule has 0 aliphatic heterocycles. The SMILES string of the molecule is CC(Oc1cccc(CCN(CCCOc2ccc(Cl)cc2)c2nc3cc(F)ccc3o2)c1)C(=O)O. The highest BCUT2D eigenvalue weighted by Gasteiger charge is 2.16. The Labute approximate surface area is 213 Å². The third kappa shape index (κ3) is 6.88. The molecule has 1 N–H and O–H groups in total. The van der Waals surface area contributed by atoms with Gasteiger partial charge in [0.05, 0.1) is 6.61 Å². The number of anilines is 1. The van der Waals surface area contributed by atoms with E-state index in [4.69, 9.17) is 30.6 Å². The average Bonchev–Trinajstić information content (AvgIpc) is 3.27. The summed E-state index contributed by atoms with van der Waals surface area (Å²) in [4.78, 5) is 17.6. The van der Waals surface area contributed by atoms with Crippen molar-refractivity contribution in [3.8, 4) is 11.5 Å². The number of carboxylic acid groups (broad SMARTS) is 1. The topological polar surface area (TPSA) is 85.0 Å². The molecule has 0 saturated heterocycles. The Morgan fingerprint density at radius 2 is 1.92 bits per heavy atom. The number of fused-ring (bicyclic) bond motifs is 1. The van der Waals surface area contributed by atoms with Crippen LogP contribution in [-0.4, -0.2) is 41.9 Å². The number of hydrogen-bond acceptors (Lipinski definition) is 6. The van der Waals surface area contributed by atoms with Crippen LogP contribution in [0.3, 0.4) is 0 Å². The summed E-state index contributed by atoms with van der Waals surface area (Å²) < 4.78 is 30.9. The number of benzene rings is 3. The lowest BCUT2D eigenvalue weighted by Crippen LogP contribution is -2.28. The van der Waals surface area contributed by atoms with Gasteiger partial charge in [0.25, 0.3) is 6.01 Å². The number of oxazole rings is 1. The zero-order valence-corrected chi connectivity index (χ0v) is 20.5. The summed E-state index contributed by atoms with van der Waals surface area (Å²) >= 11 is 5.92. The van der Waals surface area contributed by atoms with Crippen LogP contribution in [0.5, 0.6) is 11.5 Å². The van der Waals surface area contributed by atoms with E-state index < -0.39 is 12.1 Å². The van der Waals surface area contributed by atoms with Crippen LogP contribution in [0, 0.1) is 5.82 Å². The van der Waals surface area contributed by atoms with Gasteiger partial charge in [-0.3, -0.25) is 0 Å². The van der Waals surface area contributed by atoms with E-state index in [1.807, 2.05) is 35.2 Å². The van der Waals surface area contributed by atoms with Crippen LogP contribution in [0.1, 0.15) is 18.9 Å². The van der Waals surface area contributed by atoms with Crippen molar-refractivity contribution in [2.75, 3.05) is 24.6 Å². The number of aliphatic carboxylic acids is 1. The third-order valence-corrected chi connectivity index (χ3v) is 5.75. The van der Waals surface area contributed by atoms with Crippen molar-refractivity contribution < 1.29 is 28.2 Å². The summed E-state index contributed by atoms with van der Waals surface area (Å²) in [6.45, 7) is 3.12. The number of nitrogens with zero attached hydrogens (tertiary/aromatic N) is 2. The lowest BCUT2D eigenvalue weighted by Gasteiger charge is -2.21. The Bertz CT molecular complexity index is 1310. The van der Waals surface area contributed by atoms with Crippen molar-refractivity contribution in [2.24, 2.45) is 0 Å². The Hall–Kier alpha value is -3.78. The standard InChI is InChI=1S/C27H26ClFN2O5/c1-18(26(32)33)35-23-5-2-4-19(16-23)12-14-31(13-3-15-34-22-9-6-20(28)7-10-22)27-30-24-17-21(29)8-11-25(24)36-27/h2,4-11,16-18H,3,12-15H2,1H3,(H,32,33). The molecule has 0 aliphatic carbocycles. The van der Waals surface area contributed by atoms with Gasteiger partial charge in [0.1, 0.15) is 22.8 Å². The lowest BCUT2D eigenvalue weighted by molar-refractivity contribution is -0.144. The van der Waals surface area contributed by atoms with Gasteiger partial charge in [0.2, 0.25) is 0 Å². The molecule has 0 bridgehead atoms. The summed E-state index contributed by atoms with van der Waals surface area (Å²) in [5, 5.41) is 9.74. The fourth-order valence-corrected chi connectivity index (χ4v) is 3.72. The molecule has 1 unspecified atom stereocenters. The van der Waals surface area contributed by atoms with Gasteiger partial charge < -0.3 is 23.9 Å². The zero-order chi connectivity index (χ0) is 25.5. The molecule has 0 spiro atoms. The maximum absolute atomic E-state index is 13.7. The smallest absolute Gasteiger partial charge is 0.344 e. The van der Waals surface area contributed by atoms with E-state index in [0.717, 1.165) is 11.3 Å². The molecular formula is C27H26ClFN2O5. The van der Waals surface area contributed by atoms with Gasteiger partial charge in [-0.15, -0.1) is 0 Å². The van der Waals surface area contributed by atoms with E-state index in [2.05, 4.69) is 4.98 Å². The van der Waals surface area contributed by atoms with Crippen molar-refractivity contribution in [1.82, 2.24) is 4.98 Å². The number of rotatable bonds is 12. The second kappa shape index (κ2) is 11.8. The normalized spacial score (nSPS) is 11.9. The zero-order valence-electron chi connectivity index (χ0n) is 19.7. The summed E-state index contributed by atoms with van der Waals surface area (Å²) in [6.07, 6.45) is 0.371. The average molecular weight is 513 g/mol. The number of aromatic nitrogens is 1. The predicted octanol–water partition coefficient (Wildman–Crippen LogP) is 5.99. The van der Waals surface area contributed by atoms with E-state index in [1.54, 1.807) is 24.3 Å². The maximum atomic E-state index is 13.7. The predicted molar refractivity (Wildman–Crippen MR) is 136 cm³/mol. The second-order valence-electron chi connectivity index (χ2n) is 8.25. The first-order valence-electron chi connectivity index (χ1n) is 11.6. The molecule has 1 heterocycles. The first-order valence-corrected chi connectivity index (χ1v) is 11.9. The van der Waals surface area contributed by atoms with Crippen molar-refractivity contribution in [2.45, 2.75) is 25.9 Å². The lowest BCUT2D eigenvalue weighted by atomic mass is 10.1. The van der Waals surface area contributed by atoms with Gasteiger partial charge in [-0.2, -0.15) is 4.98 Å². The fourth-order valence-electron chi connectivity index (χ4n) is 3.60. The molecule has 7 nitrogen and oxygen atoms in total. The fraction of sp³-hybridized carbons (Fsp3) is 0.259. The molecule has 4 aromatic rings. The van der Waals surface area contributed by atoms with E-state index in [9.17, 15) is 9.18 Å². The van der Waals surface area contributed by atoms with Crippen LogP contribution >= 0.6 is 11.6 Å². The molecule has 9 heteroatoms. The Balaban J connectivity index is 1.43. The van der Waals surface area contributed by atoms with E-state index in [0.29, 0.717) is 60.4 Å². The van der Waals surface area contributed by atoms with E-state index >= 15 is 0 Å². The monoisotopic (exact) mass is 512 g/mol. The quantitative estimate of drug-likeness (QED) is 0.233.